The summed E-state index contributed by atoms with van der Waals surface area (Å²) in [5, 5.41) is 28.9. The maximum absolute atomic E-state index is 14.6. The van der Waals surface area contributed by atoms with E-state index in [9.17, 15) is 19.4 Å². The highest BCUT2D eigenvalue weighted by Crippen LogP contribution is 2.45. The summed E-state index contributed by atoms with van der Waals surface area (Å²) < 4.78 is 21.1. The number of hydrogen-bond acceptors (Lipinski definition) is 7. The number of benzene rings is 1. The first kappa shape index (κ1) is 17.9. The van der Waals surface area contributed by atoms with Crippen molar-refractivity contribution in [2.24, 2.45) is 0 Å². The number of rotatable bonds is 4. The summed E-state index contributed by atoms with van der Waals surface area (Å²) in [4.78, 5) is 13.2. The van der Waals surface area contributed by atoms with Gasteiger partial charge in [0.05, 0.1) is 16.8 Å². The first-order valence-corrected chi connectivity index (χ1v) is 9.08. The lowest BCUT2D eigenvalue weighted by Gasteiger charge is -2.09. The van der Waals surface area contributed by atoms with E-state index in [-0.39, 0.29) is 27.5 Å². The highest BCUT2D eigenvalue weighted by molar-refractivity contribution is 7.11. The molecule has 7 nitrogen and oxygen atoms in total. The van der Waals surface area contributed by atoms with E-state index in [1.807, 2.05) is 0 Å². The Labute approximate surface area is 162 Å². The van der Waals surface area contributed by atoms with Crippen LogP contribution in [0.2, 0.25) is 0 Å². The summed E-state index contributed by atoms with van der Waals surface area (Å²) in [6.45, 7) is 3.30. The Balaban J connectivity index is 2.07. The molecule has 0 radical (unpaired) electrons. The molecule has 3 aromatic heterocycles. The Bertz CT molecular complexity index is 1190. The van der Waals surface area contributed by atoms with Crippen LogP contribution in [0.3, 0.4) is 0 Å². The fourth-order valence-electron chi connectivity index (χ4n) is 3.11. The van der Waals surface area contributed by atoms with E-state index >= 15 is 0 Å². The normalized spacial score (nSPS) is 11.1. The first-order valence-electron chi connectivity index (χ1n) is 8.20. The van der Waals surface area contributed by atoms with Gasteiger partial charge in [-0.3, -0.25) is 9.36 Å². The average Bonchev–Trinajstić information content (AvgIpc) is 3.35. The topological polar surface area (TPSA) is 101 Å². The zero-order valence-electron chi connectivity index (χ0n) is 14.8. The molecule has 0 fully saturated rings. The summed E-state index contributed by atoms with van der Waals surface area (Å²) in [6, 6.07) is 7.29. The summed E-state index contributed by atoms with van der Waals surface area (Å²) in [7, 11) is 0. The Morgan fingerprint density at radius 2 is 2.00 bits per heavy atom. The van der Waals surface area contributed by atoms with Crippen LogP contribution in [0.4, 0.5) is 4.39 Å². The van der Waals surface area contributed by atoms with Gasteiger partial charge in [-0.15, -0.1) is 10.2 Å². The molecular formula is C19H14FN3O4S. The first-order chi connectivity index (χ1) is 13.4. The van der Waals surface area contributed by atoms with E-state index in [1.165, 1.54) is 29.8 Å². The minimum atomic E-state index is -0.670. The van der Waals surface area contributed by atoms with E-state index in [2.05, 4.69) is 10.2 Å². The van der Waals surface area contributed by atoms with Gasteiger partial charge in [-0.05, 0) is 32.0 Å². The molecule has 9 heteroatoms. The minimum absolute atomic E-state index is 0.0203. The van der Waals surface area contributed by atoms with Crippen molar-refractivity contribution >= 4 is 17.1 Å². The number of hydrogen-bond donors (Lipinski definition) is 2. The molecule has 2 N–H and O–H groups in total. The van der Waals surface area contributed by atoms with Crippen LogP contribution in [0, 0.1) is 19.7 Å². The number of carbonyl (C=O) groups excluding carboxylic acids is 1. The highest BCUT2D eigenvalue weighted by Gasteiger charge is 2.33. The van der Waals surface area contributed by atoms with E-state index in [1.54, 1.807) is 19.9 Å². The van der Waals surface area contributed by atoms with Gasteiger partial charge in [-0.2, -0.15) is 0 Å². The van der Waals surface area contributed by atoms with Crippen LogP contribution >= 0.6 is 11.3 Å². The zero-order valence-corrected chi connectivity index (χ0v) is 15.6. The van der Waals surface area contributed by atoms with Crippen molar-refractivity contribution in [2.45, 2.75) is 13.8 Å². The quantitative estimate of drug-likeness (QED) is 0.503. The SMILES string of the molecule is Cc1cc(C(=O)c2c(O)c(O)n(-c3nncs3)c2-c2ccccc2F)c(C)o1. The second-order valence-electron chi connectivity index (χ2n) is 6.09. The average molecular weight is 399 g/mol. The molecule has 0 spiro atoms. The summed E-state index contributed by atoms with van der Waals surface area (Å²) >= 11 is 1.06. The molecule has 0 atom stereocenters. The molecule has 1 aromatic carbocycles. The smallest absolute Gasteiger partial charge is 0.242 e. The number of aromatic nitrogens is 3. The van der Waals surface area contributed by atoms with Crippen LogP contribution in [-0.4, -0.2) is 30.8 Å². The van der Waals surface area contributed by atoms with Crippen LogP contribution in [0.15, 0.2) is 40.3 Å². The number of aryl methyl sites for hydroxylation is 2. The number of carbonyl (C=O) groups is 1. The summed E-state index contributed by atoms with van der Waals surface area (Å²) in [6.07, 6.45) is 0. The molecule has 0 saturated carbocycles. The fraction of sp³-hybridized carbons (Fsp3) is 0.105. The van der Waals surface area contributed by atoms with Gasteiger partial charge >= 0.3 is 0 Å². The third-order valence-electron chi connectivity index (χ3n) is 4.30. The largest absolute Gasteiger partial charge is 0.503 e. The third kappa shape index (κ3) is 2.67. The molecular weight excluding hydrogens is 385 g/mol. The van der Waals surface area contributed by atoms with Gasteiger partial charge in [0.2, 0.25) is 16.8 Å². The maximum atomic E-state index is 14.6. The Morgan fingerprint density at radius 3 is 2.61 bits per heavy atom. The van der Waals surface area contributed by atoms with Crippen LogP contribution in [0.25, 0.3) is 16.4 Å². The lowest BCUT2D eigenvalue weighted by molar-refractivity contribution is 0.103. The molecule has 0 aliphatic heterocycles. The Morgan fingerprint density at radius 1 is 1.25 bits per heavy atom. The van der Waals surface area contributed by atoms with Crippen LogP contribution in [0.1, 0.15) is 27.4 Å². The van der Waals surface area contributed by atoms with Crippen molar-refractivity contribution in [3.05, 3.63) is 64.3 Å². The number of furan rings is 1. The molecule has 0 unspecified atom stereocenters. The van der Waals surface area contributed by atoms with Crippen molar-refractivity contribution in [1.29, 1.82) is 0 Å². The van der Waals surface area contributed by atoms with Gasteiger partial charge in [-0.25, -0.2) is 4.39 Å². The minimum Gasteiger partial charge on any atom is -0.503 e. The van der Waals surface area contributed by atoms with Crippen molar-refractivity contribution < 1.29 is 23.8 Å². The number of nitrogens with zero attached hydrogens (tertiary/aromatic N) is 3. The lowest BCUT2D eigenvalue weighted by Crippen LogP contribution is -2.06. The standard InChI is InChI=1S/C19H14FN3O4S/c1-9-7-12(10(2)27-9)16(24)14-15(11-5-3-4-6-13(11)20)23(18(26)17(14)25)19-22-21-8-28-19/h3-8,25-26H,1-2H3. The van der Waals surface area contributed by atoms with Crippen molar-refractivity contribution in [3.8, 4) is 28.0 Å². The van der Waals surface area contributed by atoms with Gasteiger partial charge in [0.25, 0.3) is 0 Å². The van der Waals surface area contributed by atoms with E-state index in [4.69, 9.17) is 4.42 Å². The molecule has 3 heterocycles. The van der Waals surface area contributed by atoms with Gasteiger partial charge in [0, 0.05) is 5.56 Å². The molecule has 0 aliphatic rings. The van der Waals surface area contributed by atoms with Crippen molar-refractivity contribution in [1.82, 2.24) is 14.8 Å². The second-order valence-corrected chi connectivity index (χ2v) is 6.90. The maximum Gasteiger partial charge on any atom is 0.242 e. The van der Waals surface area contributed by atoms with Crippen molar-refractivity contribution in [3.63, 3.8) is 0 Å². The second kappa shape index (κ2) is 6.61. The van der Waals surface area contributed by atoms with Gasteiger partial charge in [0.1, 0.15) is 22.8 Å². The Kier molecular flexibility index (Phi) is 4.23. The Hall–Kier alpha value is -3.46. The molecule has 28 heavy (non-hydrogen) atoms. The predicted octanol–water partition coefficient (Wildman–Crippen LogP) is 3.99. The van der Waals surface area contributed by atoms with Crippen molar-refractivity contribution in [2.75, 3.05) is 0 Å². The molecule has 4 rings (SSSR count). The number of aromatic hydroxyl groups is 2. The molecule has 142 valence electrons. The summed E-state index contributed by atoms with van der Waals surface area (Å²) in [5.74, 6) is -1.67. The van der Waals surface area contributed by atoms with Gasteiger partial charge in [0.15, 0.2) is 5.75 Å². The van der Waals surface area contributed by atoms with Crippen LogP contribution in [-0.2, 0) is 0 Å². The monoisotopic (exact) mass is 399 g/mol. The number of ketones is 1. The zero-order chi connectivity index (χ0) is 20.0. The van der Waals surface area contributed by atoms with E-state index < -0.39 is 23.2 Å². The molecule has 0 aliphatic carbocycles. The molecule has 0 saturated heterocycles. The molecule has 0 bridgehead atoms. The fourth-order valence-corrected chi connectivity index (χ4v) is 3.68. The highest BCUT2D eigenvalue weighted by atomic mass is 32.1. The number of halogens is 1. The predicted molar refractivity (Wildman–Crippen MR) is 99.6 cm³/mol. The molecule has 4 aromatic rings. The third-order valence-corrected chi connectivity index (χ3v) is 4.98. The van der Waals surface area contributed by atoms with Gasteiger partial charge < -0.3 is 14.6 Å². The van der Waals surface area contributed by atoms with Crippen LogP contribution in [0.5, 0.6) is 11.6 Å². The summed E-state index contributed by atoms with van der Waals surface area (Å²) in [5.41, 5.74) is 1.38. The van der Waals surface area contributed by atoms with Gasteiger partial charge in [-0.1, -0.05) is 23.5 Å². The molecule has 0 amide bonds. The van der Waals surface area contributed by atoms with E-state index in [0.717, 1.165) is 15.9 Å². The van der Waals surface area contributed by atoms with E-state index in [0.29, 0.717) is 11.5 Å². The van der Waals surface area contributed by atoms with Crippen LogP contribution < -0.4 is 0 Å². The lowest BCUT2D eigenvalue weighted by atomic mass is 9.99.